The number of hydrogen-bond donors (Lipinski definition) is 2. The third-order valence-electron chi connectivity index (χ3n) is 5.86. The van der Waals surface area contributed by atoms with Gasteiger partial charge in [0, 0.05) is 20.2 Å². The van der Waals surface area contributed by atoms with Crippen molar-refractivity contribution in [1.82, 2.24) is 20.2 Å². The summed E-state index contributed by atoms with van der Waals surface area (Å²) < 4.78 is 16.4. The van der Waals surface area contributed by atoms with Gasteiger partial charge in [0.15, 0.2) is 0 Å². The number of aromatic nitrogens is 4. The Balaban J connectivity index is 1.17. The highest BCUT2D eigenvalue weighted by atomic mass is 16.5. The minimum Gasteiger partial charge on any atom is -0.422 e. The first-order chi connectivity index (χ1) is 13.6. The Bertz CT molecular complexity index is 857. The number of aromatic amines is 1. The van der Waals surface area contributed by atoms with E-state index in [1.165, 1.54) is 0 Å². The Hall–Kier alpha value is -2.72. The van der Waals surface area contributed by atoms with E-state index in [0.29, 0.717) is 19.0 Å². The van der Waals surface area contributed by atoms with Gasteiger partial charge in [0.2, 0.25) is 11.9 Å². The molecule has 0 radical (unpaired) electrons. The molecule has 0 aromatic carbocycles. The molecule has 4 aliphatic rings. The lowest BCUT2D eigenvalue weighted by molar-refractivity contribution is -0.260. The van der Waals surface area contributed by atoms with Gasteiger partial charge in [0.1, 0.15) is 11.6 Å². The predicted molar refractivity (Wildman–Crippen MR) is 98.4 cm³/mol. The Morgan fingerprint density at radius 2 is 2.07 bits per heavy atom. The molecular formula is C18H22N6O4. The van der Waals surface area contributed by atoms with Crippen LogP contribution in [0.3, 0.4) is 0 Å². The van der Waals surface area contributed by atoms with E-state index in [1.807, 2.05) is 12.1 Å². The topological polar surface area (TPSA) is 114 Å². The van der Waals surface area contributed by atoms with Crippen molar-refractivity contribution in [3.05, 3.63) is 18.3 Å². The van der Waals surface area contributed by atoms with E-state index in [2.05, 4.69) is 30.4 Å². The first-order valence-electron chi connectivity index (χ1n) is 9.36. The number of amides is 1. The van der Waals surface area contributed by atoms with Crippen LogP contribution >= 0.6 is 0 Å². The number of ether oxygens (including phenoxy) is 3. The molecule has 1 saturated heterocycles. The minimum atomic E-state index is -0.316. The normalized spacial score (nSPS) is 28.2. The fourth-order valence-corrected chi connectivity index (χ4v) is 4.26. The SMILES string of the molecule is COC12CC(C(=O)Nc3nc(Oc4ccc(N5CCOCC5)nc4)n[nH]3)(C1)C2. The van der Waals surface area contributed by atoms with Crippen LogP contribution in [0.15, 0.2) is 18.3 Å². The Kier molecular flexibility index (Phi) is 3.98. The lowest BCUT2D eigenvalue weighted by Crippen LogP contribution is -2.72. The van der Waals surface area contributed by atoms with Crippen molar-refractivity contribution in [2.75, 3.05) is 43.6 Å². The molecule has 3 heterocycles. The quantitative estimate of drug-likeness (QED) is 0.764. The second kappa shape index (κ2) is 6.42. The number of pyridine rings is 1. The molecular weight excluding hydrogens is 364 g/mol. The number of anilines is 2. The third-order valence-corrected chi connectivity index (χ3v) is 5.86. The summed E-state index contributed by atoms with van der Waals surface area (Å²) in [5, 5.41) is 9.47. The van der Waals surface area contributed by atoms with Gasteiger partial charge in [-0.15, -0.1) is 5.10 Å². The van der Waals surface area contributed by atoms with E-state index in [4.69, 9.17) is 14.2 Å². The van der Waals surface area contributed by atoms with Crippen LogP contribution in [-0.4, -0.2) is 65.1 Å². The molecule has 0 unspecified atom stereocenters. The molecule has 0 spiro atoms. The summed E-state index contributed by atoms with van der Waals surface area (Å²) in [6, 6.07) is 3.84. The van der Waals surface area contributed by atoms with E-state index in [0.717, 1.165) is 38.2 Å². The molecule has 3 aliphatic carbocycles. The summed E-state index contributed by atoms with van der Waals surface area (Å²) in [6.45, 7) is 3.06. The van der Waals surface area contributed by atoms with Crippen LogP contribution in [0, 0.1) is 5.41 Å². The molecule has 2 N–H and O–H groups in total. The van der Waals surface area contributed by atoms with Crippen molar-refractivity contribution < 1.29 is 19.0 Å². The number of nitrogens with zero attached hydrogens (tertiary/aromatic N) is 4. The van der Waals surface area contributed by atoms with E-state index in [9.17, 15) is 4.79 Å². The maximum atomic E-state index is 12.4. The Morgan fingerprint density at radius 3 is 2.75 bits per heavy atom. The molecule has 10 heteroatoms. The smallest absolute Gasteiger partial charge is 0.342 e. The van der Waals surface area contributed by atoms with Crippen LogP contribution in [0.2, 0.25) is 0 Å². The molecule has 6 rings (SSSR count). The number of methoxy groups -OCH3 is 1. The number of carbonyl (C=O) groups is 1. The largest absolute Gasteiger partial charge is 0.422 e. The van der Waals surface area contributed by atoms with Gasteiger partial charge in [-0.1, -0.05) is 0 Å². The van der Waals surface area contributed by atoms with Crippen LogP contribution < -0.4 is 15.0 Å². The van der Waals surface area contributed by atoms with Crippen molar-refractivity contribution in [2.24, 2.45) is 5.41 Å². The minimum absolute atomic E-state index is 0.0503. The number of nitrogens with one attached hydrogen (secondary N) is 2. The number of hydrogen-bond acceptors (Lipinski definition) is 8. The fraction of sp³-hybridized carbons (Fsp3) is 0.556. The van der Waals surface area contributed by atoms with Gasteiger partial charge < -0.3 is 19.1 Å². The molecule has 0 atom stereocenters. The van der Waals surface area contributed by atoms with Crippen molar-refractivity contribution in [3.8, 4) is 11.8 Å². The van der Waals surface area contributed by atoms with Gasteiger partial charge in [-0.2, -0.15) is 4.98 Å². The highest BCUT2D eigenvalue weighted by molar-refractivity contribution is 5.96. The number of morpholine rings is 1. The fourth-order valence-electron chi connectivity index (χ4n) is 4.26. The molecule has 3 saturated carbocycles. The summed E-state index contributed by atoms with van der Waals surface area (Å²) in [7, 11) is 1.70. The molecule has 1 amide bonds. The highest BCUT2D eigenvalue weighted by Crippen LogP contribution is 2.69. The van der Waals surface area contributed by atoms with Gasteiger partial charge in [-0.05, 0) is 31.4 Å². The van der Waals surface area contributed by atoms with E-state index in [-0.39, 0.29) is 28.9 Å². The predicted octanol–water partition coefficient (Wildman–Crippen LogP) is 1.34. The maximum Gasteiger partial charge on any atom is 0.342 e. The number of carbonyl (C=O) groups excluding carboxylic acids is 1. The second-order valence-electron chi connectivity index (χ2n) is 7.67. The third kappa shape index (κ3) is 2.89. The summed E-state index contributed by atoms with van der Waals surface area (Å²) in [5.74, 6) is 1.63. The van der Waals surface area contributed by atoms with Crippen molar-refractivity contribution in [2.45, 2.75) is 24.9 Å². The Morgan fingerprint density at radius 1 is 1.29 bits per heavy atom. The zero-order valence-electron chi connectivity index (χ0n) is 15.6. The first kappa shape index (κ1) is 17.4. The summed E-state index contributed by atoms with van der Waals surface area (Å²) in [5.41, 5.74) is -0.392. The van der Waals surface area contributed by atoms with Crippen LogP contribution in [0.5, 0.6) is 11.8 Å². The average molecular weight is 386 g/mol. The molecule has 148 valence electrons. The van der Waals surface area contributed by atoms with Gasteiger partial charge >= 0.3 is 6.01 Å². The molecule has 2 aromatic heterocycles. The van der Waals surface area contributed by atoms with Gasteiger partial charge in [0.05, 0.1) is 30.4 Å². The van der Waals surface area contributed by atoms with Crippen LogP contribution in [0.1, 0.15) is 19.3 Å². The highest BCUT2D eigenvalue weighted by Gasteiger charge is 2.72. The van der Waals surface area contributed by atoms with Crippen LogP contribution in [0.25, 0.3) is 0 Å². The monoisotopic (exact) mass is 386 g/mol. The van der Waals surface area contributed by atoms with E-state index in [1.54, 1.807) is 13.3 Å². The van der Waals surface area contributed by atoms with Gasteiger partial charge in [0.25, 0.3) is 0 Å². The summed E-state index contributed by atoms with van der Waals surface area (Å²) in [4.78, 5) is 23.2. The zero-order chi connectivity index (χ0) is 19.2. The second-order valence-corrected chi connectivity index (χ2v) is 7.67. The molecule has 2 aromatic rings. The lowest BCUT2D eigenvalue weighted by Gasteiger charge is -2.67. The molecule has 1 aliphatic heterocycles. The summed E-state index contributed by atoms with van der Waals surface area (Å²) in [6.07, 6.45) is 3.92. The van der Waals surface area contributed by atoms with E-state index >= 15 is 0 Å². The van der Waals surface area contributed by atoms with Crippen molar-refractivity contribution in [3.63, 3.8) is 0 Å². The maximum absolute atomic E-state index is 12.4. The van der Waals surface area contributed by atoms with Crippen molar-refractivity contribution in [1.29, 1.82) is 0 Å². The number of H-pyrrole nitrogens is 1. The number of rotatable bonds is 6. The Labute approximate surface area is 161 Å². The van der Waals surface area contributed by atoms with Gasteiger partial charge in [-0.3, -0.25) is 10.1 Å². The molecule has 28 heavy (non-hydrogen) atoms. The lowest BCUT2D eigenvalue weighted by atomic mass is 9.41. The van der Waals surface area contributed by atoms with Gasteiger partial charge in [-0.25, -0.2) is 10.1 Å². The average Bonchev–Trinajstić information content (AvgIpc) is 3.08. The molecule has 10 nitrogen and oxygen atoms in total. The van der Waals surface area contributed by atoms with E-state index < -0.39 is 0 Å². The van der Waals surface area contributed by atoms with Crippen LogP contribution in [0.4, 0.5) is 11.8 Å². The molecule has 4 fully saturated rings. The first-order valence-corrected chi connectivity index (χ1v) is 9.36. The zero-order valence-corrected chi connectivity index (χ0v) is 15.6. The van der Waals surface area contributed by atoms with Crippen LogP contribution in [-0.2, 0) is 14.3 Å². The summed E-state index contributed by atoms with van der Waals surface area (Å²) >= 11 is 0. The molecule has 2 bridgehead atoms. The van der Waals surface area contributed by atoms with Crippen molar-refractivity contribution >= 4 is 17.7 Å². The standard InChI is InChI=1S/C18H22N6O4/c1-26-18-9-17(10-18,11-18)14(25)20-15-21-16(23-22-15)28-12-2-3-13(19-8-12)24-4-6-27-7-5-24/h2-3,8H,4-7,9-11H2,1H3,(H2,20,21,22,23,25).